The maximum absolute atomic E-state index is 12.4. The lowest BCUT2D eigenvalue weighted by Crippen LogP contribution is -2.44. The quantitative estimate of drug-likeness (QED) is 0.785. The Morgan fingerprint density at radius 2 is 2.33 bits per heavy atom. The maximum Gasteiger partial charge on any atom is 0.196 e. The Bertz CT molecular complexity index is 450. The van der Waals surface area contributed by atoms with E-state index in [0.29, 0.717) is 29.5 Å². The van der Waals surface area contributed by atoms with E-state index in [9.17, 15) is 4.79 Å². The highest BCUT2D eigenvalue weighted by Gasteiger charge is 2.27. The Morgan fingerprint density at radius 3 is 3.00 bits per heavy atom. The number of halogens is 1. The van der Waals surface area contributed by atoms with Gasteiger partial charge in [-0.05, 0) is 25.2 Å². The number of Topliss-reactive ketones (excluding diaryl/α,β-unsaturated/α-hetero) is 1. The molecule has 1 fully saturated rings. The Hall–Kier alpha value is -1.10. The average Bonchev–Trinajstić information content (AvgIpc) is 2.38. The van der Waals surface area contributed by atoms with Gasteiger partial charge in [0.05, 0.1) is 19.3 Å². The minimum absolute atomic E-state index is 0.0825. The molecule has 1 heterocycles. The van der Waals surface area contributed by atoms with Gasteiger partial charge in [-0.3, -0.25) is 4.79 Å². The second kappa shape index (κ2) is 5.69. The first-order valence-corrected chi connectivity index (χ1v) is 6.17. The highest BCUT2D eigenvalue weighted by Crippen LogP contribution is 2.25. The lowest BCUT2D eigenvalue weighted by Gasteiger charge is -2.29. The third-order valence-corrected chi connectivity index (χ3v) is 3.22. The molecule has 0 aliphatic carbocycles. The fourth-order valence-corrected chi connectivity index (χ4v) is 2.15. The van der Waals surface area contributed by atoms with Crippen LogP contribution in [0, 0.1) is 0 Å². The first kappa shape index (κ1) is 13.3. The predicted octanol–water partition coefficient (Wildman–Crippen LogP) is 1.86. The van der Waals surface area contributed by atoms with Crippen LogP contribution in [0.4, 0.5) is 0 Å². The number of likely N-dealkylation sites (N-methyl/N-ethyl adjacent to an activating group) is 1. The van der Waals surface area contributed by atoms with Crippen LogP contribution in [0.3, 0.4) is 0 Å². The molecule has 1 aromatic rings. The standard InChI is InChI=1S/C13H16ClNO3/c1-15-5-6-18-12(8-15)13(16)10-7-9(14)3-4-11(10)17-2/h3-4,7,12H,5-6,8H2,1-2H3. The van der Waals surface area contributed by atoms with Crippen molar-refractivity contribution >= 4 is 17.4 Å². The van der Waals surface area contributed by atoms with E-state index in [1.165, 1.54) is 7.11 Å². The summed E-state index contributed by atoms with van der Waals surface area (Å²) in [7, 11) is 3.51. The van der Waals surface area contributed by atoms with E-state index < -0.39 is 6.10 Å². The van der Waals surface area contributed by atoms with Crippen molar-refractivity contribution in [2.45, 2.75) is 6.10 Å². The van der Waals surface area contributed by atoms with Gasteiger partial charge < -0.3 is 14.4 Å². The van der Waals surface area contributed by atoms with Crippen molar-refractivity contribution in [1.29, 1.82) is 0 Å². The molecule has 0 amide bonds. The Morgan fingerprint density at radius 1 is 1.56 bits per heavy atom. The van der Waals surface area contributed by atoms with E-state index in [1.807, 2.05) is 7.05 Å². The van der Waals surface area contributed by atoms with E-state index in [1.54, 1.807) is 18.2 Å². The largest absolute Gasteiger partial charge is 0.496 e. The first-order chi connectivity index (χ1) is 8.61. The van der Waals surface area contributed by atoms with Crippen LogP contribution in [0.1, 0.15) is 10.4 Å². The normalized spacial score (nSPS) is 20.7. The van der Waals surface area contributed by atoms with Gasteiger partial charge in [-0.2, -0.15) is 0 Å². The van der Waals surface area contributed by atoms with Gasteiger partial charge in [0.25, 0.3) is 0 Å². The highest BCUT2D eigenvalue weighted by molar-refractivity contribution is 6.31. The molecule has 0 N–H and O–H groups in total. The first-order valence-electron chi connectivity index (χ1n) is 5.79. The Labute approximate surface area is 111 Å². The summed E-state index contributed by atoms with van der Waals surface area (Å²) in [6.45, 7) is 2.00. The van der Waals surface area contributed by atoms with Crippen molar-refractivity contribution in [3.05, 3.63) is 28.8 Å². The molecule has 0 radical (unpaired) electrons. The zero-order valence-electron chi connectivity index (χ0n) is 10.5. The number of ether oxygens (including phenoxy) is 2. The molecule has 1 aromatic carbocycles. The summed E-state index contributed by atoms with van der Waals surface area (Å²) in [5.41, 5.74) is 0.477. The summed E-state index contributed by atoms with van der Waals surface area (Å²) in [5, 5.41) is 0.517. The molecule has 0 saturated carbocycles. The number of nitrogens with zero attached hydrogens (tertiary/aromatic N) is 1. The second-order valence-electron chi connectivity index (χ2n) is 4.33. The van der Waals surface area contributed by atoms with E-state index in [4.69, 9.17) is 21.1 Å². The van der Waals surface area contributed by atoms with Crippen molar-refractivity contribution in [2.24, 2.45) is 0 Å². The molecule has 0 bridgehead atoms. The number of hydrogen-bond donors (Lipinski definition) is 0. The van der Waals surface area contributed by atoms with E-state index in [-0.39, 0.29) is 5.78 Å². The molecule has 0 spiro atoms. The van der Waals surface area contributed by atoms with Crippen LogP contribution in [0.25, 0.3) is 0 Å². The van der Waals surface area contributed by atoms with Crippen LogP contribution in [0.15, 0.2) is 18.2 Å². The zero-order chi connectivity index (χ0) is 13.1. The Balaban J connectivity index is 2.24. The topological polar surface area (TPSA) is 38.8 Å². The van der Waals surface area contributed by atoms with Crippen molar-refractivity contribution in [3.8, 4) is 5.75 Å². The van der Waals surface area contributed by atoms with Crippen molar-refractivity contribution in [2.75, 3.05) is 33.9 Å². The maximum atomic E-state index is 12.4. The van der Waals surface area contributed by atoms with E-state index in [0.717, 1.165) is 6.54 Å². The Kier molecular flexibility index (Phi) is 4.22. The smallest absolute Gasteiger partial charge is 0.196 e. The van der Waals surface area contributed by atoms with E-state index in [2.05, 4.69) is 4.90 Å². The van der Waals surface area contributed by atoms with Crippen molar-refractivity contribution < 1.29 is 14.3 Å². The number of ketones is 1. The number of carbonyl (C=O) groups is 1. The van der Waals surface area contributed by atoms with Crippen LogP contribution >= 0.6 is 11.6 Å². The molecule has 4 nitrogen and oxygen atoms in total. The van der Waals surface area contributed by atoms with Crippen LogP contribution in [-0.4, -0.2) is 50.6 Å². The number of morpholine rings is 1. The van der Waals surface area contributed by atoms with Gasteiger partial charge in [0.15, 0.2) is 5.78 Å². The van der Waals surface area contributed by atoms with Crippen LogP contribution in [0.2, 0.25) is 5.02 Å². The minimum atomic E-state index is -0.448. The average molecular weight is 270 g/mol. The third-order valence-electron chi connectivity index (χ3n) is 2.99. The zero-order valence-corrected chi connectivity index (χ0v) is 11.2. The molecule has 1 saturated heterocycles. The molecule has 98 valence electrons. The summed E-state index contributed by atoms with van der Waals surface area (Å²) in [6.07, 6.45) is -0.448. The number of methoxy groups -OCH3 is 1. The fourth-order valence-electron chi connectivity index (χ4n) is 1.98. The minimum Gasteiger partial charge on any atom is -0.496 e. The van der Waals surface area contributed by atoms with Crippen molar-refractivity contribution in [3.63, 3.8) is 0 Å². The van der Waals surface area contributed by atoms with Crippen LogP contribution in [0.5, 0.6) is 5.75 Å². The number of rotatable bonds is 3. The molecule has 1 aliphatic heterocycles. The molecular weight excluding hydrogens is 254 g/mol. The predicted molar refractivity (Wildman–Crippen MR) is 69.6 cm³/mol. The molecule has 0 aromatic heterocycles. The fraction of sp³-hybridized carbons (Fsp3) is 0.462. The van der Waals surface area contributed by atoms with Crippen LogP contribution < -0.4 is 4.74 Å². The molecule has 1 atom stereocenters. The molecule has 2 rings (SSSR count). The molecular formula is C13H16ClNO3. The molecule has 18 heavy (non-hydrogen) atoms. The molecule has 1 aliphatic rings. The van der Waals surface area contributed by atoms with Gasteiger partial charge in [-0.1, -0.05) is 11.6 Å². The second-order valence-corrected chi connectivity index (χ2v) is 4.77. The summed E-state index contributed by atoms with van der Waals surface area (Å²) in [4.78, 5) is 14.5. The summed E-state index contributed by atoms with van der Waals surface area (Å²) < 4.78 is 10.7. The highest BCUT2D eigenvalue weighted by atomic mass is 35.5. The summed E-state index contributed by atoms with van der Waals surface area (Å²) >= 11 is 5.93. The van der Waals surface area contributed by atoms with Gasteiger partial charge in [-0.15, -0.1) is 0 Å². The van der Waals surface area contributed by atoms with Gasteiger partial charge >= 0.3 is 0 Å². The number of carbonyl (C=O) groups excluding carboxylic acids is 1. The van der Waals surface area contributed by atoms with Gasteiger partial charge in [0.1, 0.15) is 11.9 Å². The lowest BCUT2D eigenvalue weighted by atomic mass is 10.0. The monoisotopic (exact) mass is 269 g/mol. The third kappa shape index (κ3) is 2.83. The number of benzene rings is 1. The lowest BCUT2D eigenvalue weighted by molar-refractivity contribution is -0.00875. The van der Waals surface area contributed by atoms with Crippen LogP contribution in [-0.2, 0) is 4.74 Å². The molecule has 5 heteroatoms. The number of hydrogen-bond acceptors (Lipinski definition) is 4. The van der Waals surface area contributed by atoms with E-state index >= 15 is 0 Å². The van der Waals surface area contributed by atoms with Gasteiger partial charge in [0.2, 0.25) is 0 Å². The molecule has 1 unspecified atom stereocenters. The SMILES string of the molecule is COc1ccc(Cl)cc1C(=O)C1CN(C)CCO1. The van der Waals surface area contributed by atoms with Gasteiger partial charge in [0, 0.05) is 18.1 Å². The van der Waals surface area contributed by atoms with Crippen molar-refractivity contribution in [1.82, 2.24) is 4.90 Å². The van der Waals surface area contributed by atoms with Gasteiger partial charge in [-0.25, -0.2) is 0 Å². The summed E-state index contributed by atoms with van der Waals surface area (Å²) in [5.74, 6) is 0.446. The summed E-state index contributed by atoms with van der Waals surface area (Å²) in [6, 6.07) is 5.02.